The number of anilines is 2. The number of pyridine rings is 1. The van der Waals surface area contributed by atoms with Crippen LogP contribution in [0.15, 0.2) is 12.3 Å². The molecule has 9 nitrogen and oxygen atoms in total. The predicted octanol–water partition coefficient (Wildman–Crippen LogP) is 0.822. The maximum absolute atomic E-state index is 11.9. The Balaban J connectivity index is 2.05. The van der Waals surface area contributed by atoms with Gasteiger partial charge in [0.2, 0.25) is 10.0 Å². The molecule has 0 unspecified atom stereocenters. The third-order valence-electron chi connectivity index (χ3n) is 4.20. The molecule has 10 heteroatoms. The summed E-state index contributed by atoms with van der Waals surface area (Å²) in [7, 11) is -1.59. The lowest BCUT2D eigenvalue weighted by Crippen LogP contribution is -2.46. The number of nitrogens with two attached hydrogens (primary N) is 1. The normalized spacial score (nSPS) is 16.7. The first-order valence-corrected chi connectivity index (χ1v) is 8.97. The fraction of sp³-hybridized carbons (Fsp3) is 0.615. The van der Waals surface area contributed by atoms with E-state index in [1.54, 1.807) is 14.0 Å². The van der Waals surface area contributed by atoms with Crippen LogP contribution in [0.4, 0.5) is 17.2 Å². The van der Waals surface area contributed by atoms with Gasteiger partial charge in [-0.3, -0.25) is 10.1 Å². The SMILES string of the molecule is CCS(=O)(=O)N(C)C1CCN(c2cc(N)c([N+](=O)[O-])cn2)CC1. The number of hydrogen-bond donors (Lipinski definition) is 1. The zero-order chi connectivity index (χ0) is 17.2. The van der Waals surface area contributed by atoms with Crippen LogP contribution in [0.5, 0.6) is 0 Å². The molecule has 1 aromatic rings. The largest absolute Gasteiger partial charge is 0.393 e. The third-order valence-corrected chi connectivity index (χ3v) is 6.11. The Labute approximate surface area is 135 Å². The van der Waals surface area contributed by atoms with Crippen LogP contribution in [0.2, 0.25) is 0 Å². The van der Waals surface area contributed by atoms with E-state index in [4.69, 9.17) is 5.73 Å². The summed E-state index contributed by atoms with van der Waals surface area (Å²) in [6.07, 6.45) is 2.51. The monoisotopic (exact) mass is 343 g/mol. The summed E-state index contributed by atoms with van der Waals surface area (Å²) in [5.41, 5.74) is 5.55. The highest BCUT2D eigenvalue weighted by atomic mass is 32.2. The van der Waals surface area contributed by atoms with E-state index in [0.29, 0.717) is 31.7 Å². The zero-order valence-corrected chi connectivity index (χ0v) is 14.0. The van der Waals surface area contributed by atoms with Crippen LogP contribution >= 0.6 is 0 Å². The summed E-state index contributed by atoms with van der Waals surface area (Å²) in [5, 5.41) is 10.8. The van der Waals surface area contributed by atoms with E-state index >= 15 is 0 Å². The molecule has 1 fully saturated rings. The van der Waals surface area contributed by atoms with Crippen molar-refractivity contribution in [2.75, 3.05) is 36.5 Å². The lowest BCUT2D eigenvalue weighted by atomic mass is 10.1. The maximum Gasteiger partial charge on any atom is 0.310 e. The second-order valence-corrected chi connectivity index (χ2v) is 7.81. The molecule has 0 aliphatic carbocycles. The van der Waals surface area contributed by atoms with Gasteiger partial charge < -0.3 is 10.6 Å². The first-order valence-electron chi connectivity index (χ1n) is 7.36. The average Bonchev–Trinajstić information content (AvgIpc) is 2.53. The minimum atomic E-state index is -3.20. The van der Waals surface area contributed by atoms with Gasteiger partial charge in [0.05, 0.1) is 10.7 Å². The molecule has 2 rings (SSSR count). The summed E-state index contributed by atoms with van der Waals surface area (Å²) in [6, 6.07) is 1.46. The molecule has 1 aromatic heterocycles. The van der Waals surface area contributed by atoms with Crippen molar-refractivity contribution in [2.24, 2.45) is 0 Å². The molecule has 128 valence electrons. The maximum atomic E-state index is 11.9. The van der Waals surface area contributed by atoms with Gasteiger partial charge in [0.15, 0.2) is 0 Å². The standard InChI is InChI=1S/C13H21N5O4S/c1-3-23(21,22)16(2)10-4-6-17(7-5-10)13-8-11(14)12(9-15-13)18(19)20/h8-10H,3-7H2,1-2H3,(H2,14,15). The highest BCUT2D eigenvalue weighted by Crippen LogP contribution is 2.27. The smallest absolute Gasteiger partial charge is 0.310 e. The number of hydrogen-bond acceptors (Lipinski definition) is 7. The third kappa shape index (κ3) is 3.70. The lowest BCUT2D eigenvalue weighted by molar-refractivity contribution is -0.384. The van der Waals surface area contributed by atoms with Crippen molar-refractivity contribution in [2.45, 2.75) is 25.8 Å². The average molecular weight is 343 g/mol. The second-order valence-electron chi connectivity index (χ2n) is 5.49. The zero-order valence-electron chi connectivity index (χ0n) is 13.2. The van der Waals surface area contributed by atoms with Crippen molar-refractivity contribution in [3.63, 3.8) is 0 Å². The van der Waals surface area contributed by atoms with Crippen LogP contribution in [0, 0.1) is 10.1 Å². The fourth-order valence-corrected chi connectivity index (χ4v) is 3.74. The van der Waals surface area contributed by atoms with Crippen molar-refractivity contribution in [3.05, 3.63) is 22.4 Å². The molecular weight excluding hydrogens is 322 g/mol. The summed E-state index contributed by atoms with van der Waals surface area (Å²) in [6.45, 7) is 2.88. The van der Waals surface area contributed by atoms with Gasteiger partial charge in [0, 0.05) is 32.2 Å². The summed E-state index contributed by atoms with van der Waals surface area (Å²) in [5.74, 6) is 0.664. The van der Waals surface area contributed by atoms with Gasteiger partial charge in [-0.25, -0.2) is 17.7 Å². The number of nitrogens with zero attached hydrogens (tertiary/aromatic N) is 4. The number of piperidine rings is 1. The molecule has 1 aliphatic rings. The number of nitrogen functional groups attached to an aromatic ring is 1. The summed E-state index contributed by atoms with van der Waals surface area (Å²) >= 11 is 0. The van der Waals surface area contributed by atoms with Crippen molar-refractivity contribution < 1.29 is 13.3 Å². The van der Waals surface area contributed by atoms with Crippen LogP contribution in [-0.4, -0.2) is 54.6 Å². The summed E-state index contributed by atoms with van der Waals surface area (Å²) in [4.78, 5) is 16.2. The lowest BCUT2D eigenvalue weighted by Gasteiger charge is -2.36. The van der Waals surface area contributed by atoms with Gasteiger partial charge >= 0.3 is 5.69 Å². The van der Waals surface area contributed by atoms with E-state index in [1.807, 2.05) is 4.90 Å². The Bertz CT molecular complexity index is 686. The number of aromatic nitrogens is 1. The topological polar surface area (TPSA) is 123 Å². The Morgan fingerprint density at radius 3 is 2.57 bits per heavy atom. The minimum Gasteiger partial charge on any atom is -0.393 e. The number of rotatable bonds is 5. The van der Waals surface area contributed by atoms with E-state index in [1.165, 1.54) is 10.4 Å². The van der Waals surface area contributed by atoms with Crippen molar-refractivity contribution >= 4 is 27.2 Å². The van der Waals surface area contributed by atoms with Gasteiger partial charge in [-0.15, -0.1) is 0 Å². The van der Waals surface area contributed by atoms with Crippen LogP contribution in [0.3, 0.4) is 0 Å². The Morgan fingerprint density at radius 1 is 1.48 bits per heavy atom. The van der Waals surface area contributed by atoms with Crippen LogP contribution < -0.4 is 10.6 Å². The molecule has 0 saturated carbocycles. The van der Waals surface area contributed by atoms with Crippen molar-refractivity contribution in [1.82, 2.24) is 9.29 Å². The Morgan fingerprint density at radius 2 is 2.09 bits per heavy atom. The molecule has 0 radical (unpaired) electrons. The first-order chi connectivity index (χ1) is 10.8. The quantitative estimate of drug-likeness (QED) is 0.620. The molecule has 0 amide bonds. The molecule has 0 bridgehead atoms. The van der Waals surface area contributed by atoms with Crippen LogP contribution in [0.1, 0.15) is 19.8 Å². The molecule has 0 aromatic carbocycles. The Hall–Kier alpha value is -1.94. The van der Waals surface area contributed by atoms with Gasteiger partial charge in [-0.1, -0.05) is 0 Å². The van der Waals surface area contributed by atoms with Gasteiger partial charge in [-0.2, -0.15) is 0 Å². The second kappa shape index (κ2) is 6.67. The van der Waals surface area contributed by atoms with Crippen molar-refractivity contribution in [3.8, 4) is 0 Å². The van der Waals surface area contributed by atoms with Crippen LogP contribution in [0.25, 0.3) is 0 Å². The van der Waals surface area contributed by atoms with Gasteiger partial charge in [0.25, 0.3) is 0 Å². The molecule has 2 N–H and O–H groups in total. The molecule has 23 heavy (non-hydrogen) atoms. The van der Waals surface area contributed by atoms with E-state index in [-0.39, 0.29) is 23.2 Å². The van der Waals surface area contributed by atoms with Crippen LogP contribution in [-0.2, 0) is 10.0 Å². The predicted molar refractivity (Wildman–Crippen MR) is 87.8 cm³/mol. The fourth-order valence-electron chi connectivity index (χ4n) is 2.67. The minimum absolute atomic E-state index is 0.0356. The van der Waals surface area contributed by atoms with E-state index < -0.39 is 14.9 Å². The number of sulfonamides is 1. The van der Waals surface area contributed by atoms with E-state index in [9.17, 15) is 18.5 Å². The van der Waals surface area contributed by atoms with Gasteiger partial charge in [0.1, 0.15) is 17.7 Å². The number of nitro groups is 1. The highest BCUT2D eigenvalue weighted by Gasteiger charge is 2.29. The Kier molecular flexibility index (Phi) is 5.05. The van der Waals surface area contributed by atoms with Crippen molar-refractivity contribution in [1.29, 1.82) is 0 Å². The molecule has 0 spiro atoms. The molecule has 2 heterocycles. The molecular formula is C13H21N5O4S. The first kappa shape index (κ1) is 17.4. The highest BCUT2D eigenvalue weighted by molar-refractivity contribution is 7.89. The molecule has 1 saturated heterocycles. The van der Waals surface area contributed by atoms with E-state index in [0.717, 1.165) is 6.20 Å². The van der Waals surface area contributed by atoms with Gasteiger partial charge in [-0.05, 0) is 19.8 Å². The summed E-state index contributed by atoms with van der Waals surface area (Å²) < 4.78 is 25.3. The molecule has 1 aliphatic heterocycles. The van der Waals surface area contributed by atoms with E-state index in [2.05, 4.69) is 4.98 Å². The molecule has 0 atom stereocenters.